The minimum absolute atomic E-state index is 0.0648. The number of hydrogen-bond acceptors (Lipinski definition) is 5. The highest BCUT2D eigenvalue weighted by Gasteiger charge is 2.17. The summed E-state index contributed by atoms with van der Waals surface area (Å²) in [5, 5.41) is 2.63. The molecule has 2 aromatic rings. The largest absolute Gasteiger partial charge is 0.484 e. The van der Waals surface area contributed by atoms with Crippen LogP contribution in [0.3, 0.4) is 0 Å². The molecule has 0 saturated carbocycles. The molecule has 144 valence electrons. The second-order valence-electron chi connectivity index (χ2n) is 5.89. The summed E-state index contributed by atoms with van der Waals surface area (Å²) in [5.74, 6) is 0.133. The lowest BCUT2D eigenvalue weighted by Crippen LogP contribution is -2.39. The molecule has 0 bridgehead atoms. The van der Waals surface area contributed by atoms with Gasteiger partial charge < -0.3 is 10.1 Å². The van der Waals surface area contributed by atoms with Crippen LogP contribution >= 0.6 is 0 Å². The SMILES string of the molecule is CC(=O)c1ccc(N(CCNC(=O)COc2ccccc2)S(C)(=O)=O)cc1. The highest BCUT2D eigenvalue weighted by Crippen LogP contribution is 2.18. The predicted octanol–water partition coefficient (Wildman–Crippen LogP) is 1.85. The molecule has 0 aliphatic carbocycles. The van der Waals surface area contributed by atoms with Crippen molar-refractivity contribution >= 4 is 27.4 Å². The number of anilines is 1. The quantitative estimate of drug-likeness (QED) is 0.660. The Labute approximate surface area is 159 Å². The first-order chi connectivity index (χ1) is 12.8. The van der Waals surface area contributed by atoms with Gasteiger partial charge in [-0.1, -0.05) is 18.2 Å². The highest BCUT2D eigenvalue weighted by molar-refractivity contribution is 7.92. The summed E-state index contributed by atoms with van der Waals surface area (Å²) in [6, 6.07) is 15.2. The summed E-state index contributed by atoms with van der Waals surface area (Å²) in [4.78, 5) is 23.2. The molecule has 0 saturated heterocycles. The van der Waals surface area contributed by atoms with Gasteiger partial charge in [0.05, 0.1) is 18.5 Å². The second kappa shape index (κ2) is 9.18. The molecule has 8 heteroatoms. The molecule has 0 aliphatic heterocycles. The van der Waals surface area contributed by atoms with E-state index in [9.17, 15) is 18.0 Å². The first-order valence-electron chi connectivity index (χ1n) is 8.30. The summed E-state index contributed by atoms with van der Waals surface area (Å²) in [5.41, 5.74) is 0.927. The van der Waals surface area contributed by atoms with E-state index in [0.717, 1.165) is 6.26 Å². The summed E-state index contributed by atoms with van der Waals surface area (Å²) >= 11 is 0. The molecule has 1 amide bonds. The Kier molecular flexibility index (Phi) is 6.95. The molecule has 0 atom stereocenters. The van der Waals surface area contributed by atoms with Crippen LogP contribution in [-0.2, 0) is 14.8 Å². The average molecular weight is 390 g/mol. The zero-order valence-corrected chi connectivity index (χ0v) is 16.0. The van der Waals surface area contributed by atoms with E-state index in [2.05, 4.69) is 5.32 Å². The number of carbonyl (C=O) groups excluding carboxylic acids is 2. The molecule has 0 unspecified atom stereocenters. The van der Waals surface area contributed by atoms with Crippen molar-refractivity contribution < 1.29 is 22.7 Å². The Morgan fingerprint density at radius 3 is 2.22 bits per heavy atom. The van der Waals surface area contributed by atoms with Gasteiger partial charge >= 0.3 is 0 Å². The molecule has 0 fully saturated rings. The lowest BCUT2D eigenvalue weighted by molar-refractivity contribution is -0.123. The van der Waals surface area contributed by atoms with Gasteiger partial charge in [-0.2, -0.15) is 0 Å². The van der Waals surface area contributed by atoms with Gasteiger partial charge in [-0.15, -0.1) is 0 Å². The van der Waals surface area contributed by atoms with Gasteiger partial charge in [0.2, 0.25) is 10.0 Å². The van der Waals surface area contributed by atoms with E-state index in [1.54, 1.807) is 48.5 Å². The third-order valence-electron chi connectivity index (χ3n) is 3.71. The maximum absolute atomic E-state index is 12.1. The van der Waals surface area contributed by atoms with Crippen LogP contribution in [-0.4, -0.2) is 46.1 Å². The zero-order valence-electron chi connectivity index (χ0n) is 15.2. The van der Waals surface area contributed by atoms with E-state index < -0.39 is 10.0 Å². The lowest BCUT2D eigenvalue weighted by atomic mass is 10.1. The molecule has 27 heavy (non-hydrogen) atoms. The highest BCUT2D eigenvalue weighted by atomic mass is 32.2. The summed E-state index contributed by atoms with van der Waals surface area (Å²) in [6.45, 7) is 1.47. The number of Topliss-reactive ketones (excluding diaryl/α,β-unsaturated/α-hetero) is 1. The monoisotopic (exact) mass is 390 g/mol. The van der Waals surface area contributed by atoms with Gasteiger partial charge in [0.25, 0.3) is 5.91 Å². The standard InChI is InChI=1S/C19H22N2O5S/c1-15(22)16-8-10-17(11-9-16)21(27(2,24)25)13-12-20-19(23)14-26-18-6-4-3-5-7-18/h3-11H,12-14H2,1-2H3,(H,20,23). The molecule has 1 N–H and O–H groups in total. The first kappa shape index (κ1) is 20.4. The number of ketones is 1. The number of rotatable bonds is 9. The molecule has 2 rings (SSSR count). The Morgan fingerprint density at radius 1 is 1.04 bits per heavy atom. The van der Waals surface area contributed by atoms with Crippen LogP contribution in [0.1, 0.15) is 17.3 Å². The molecular weight excluding hydrogens is 368 g/mol. The van der Waals surface area contributed by atoms with Crippen molar-refractivity contribution in [2.75, 3.05) is 30.3 Å². The number of hydrogen-bond donors (Lipinski definition) is 1. The fourth-order valence-corrected chi connectivity index (χ4v) is 3.29. The Hall–Kier alpha value is -2.87. The average Bonchev–Trinajstić information content (AvgIpc) is 2.63. The smallest absolute Gasteiger partial charge is 0.258 e. The van der Waals surface area contributed by atoms with Gasteiger partial charge in [0, 0.05) is 12.1 Å². The van der Waals surface area contributed by atoms with Crippen LogP contribution in [0.15, 0.2) is 54.6 Å². The normalized spacial score (nSPS) is 10.9. The third-order valence-corrected chi connectivity index (χ3v) is 4.91. The van der Waals surface area contributed by atoms with Gasteiger partial charge in [0.15, 0.2) is 12.4 Å². The Bertz CT molecular complexity index is 880. The molecule has 0 aliphatic rings. The summed E-state index contributed by atoms with van der Waals surface area (Å²) < 4.78 is 30.6. The van der Waals surface area contributed by atoms with Crippen LogP contribution in [0, 0.1) is 0 Å². The number of carbonyl (C=O) groups is 2. The fourth-order valence-electron chi connectivity index (χ4n) is 2.36. The molecular formula is C19H22N2O5S. The fraction of sp³-hybridized carbons (Fsp3) is 0.263. The van der Waals surface area contributed by atoms with Crippen LogP contribution in [0.25, 0.3) is 0 Å². The third kappa shape index (κ3) is 6.41. The number of nitrogens with one attached hydrogen (secondary N) is 1. The number of amides is 1. The van der Waals surface area contributed by atoms with E-state index in [4.69, 9.17) is 4.74 Å². The topological polar surface area (TPSA) is 92.8 Å². The van der Waals surface area contributed by atoms with Crippen molar-refractivity contribution in [3.05, 3.63) is 60.2 Å². The molecule has 2 aromatic carbocycles. The van der Waals surface area contributed by atoms with Crippen molar-refractivity contribution in [3.63, 3.8) is 0 Å². The number of para-hydroxylation sites is 1. The van der Waals surface area contributed by atoms with E-state index in [1.165, 1.54) is 11.2 Å². The van der Waals surface area contributed by atoms with Gasteiger partial charge in [0.1, 0.15) is 5.75 Å². The second-order valence-corrected chi connectivity index (χ2v) is 7.80. The number of ether oxygens (including phenoxy) is 1. The first-order valence-corrected chi connectivity index (χ1v) is 10.2. The molecule has 7 nitrogen and oxygen atoms in total. The van der Waals surface area contributed by atoms with Gasteiger partial charge in [-0.05, 0) is 43.3 Å². The molecule has 0 heterocycles. The predicted molar refractivity (Wildman–Crippen MR) is 104 cm³/mol. The van der Waals surface area contributed by atoms with E-state index in [0.29, 0.717) is 17.0 Å². The van der Waals surface area contributed by atoms with Crippen LogP contribution in [0.2, 0.25) is 0 Å². The van der Waals surface area contributed by atoms with E-state index >= 15 is 0 Å². The van der Waals surface area contributed by atoms with Crippen LogP contribution < -0.4 is 14.4 Å². The van der Waals surface area contributed by atoms with Gasteiger partial charge in [-0.25, -0.2) is 8.42 Å². The van der Waals surface area contributed by atoms with E-state index in [-0.39, 0.29) is 31.4 Å². The Balaban J connectivity index is 1.91. The molecule has 0 spiro atoms. The van der Waals surface area contributed by atoms with Gasteiger partial charge in [-0.3, -0.25) is 13.9 Å². The minimum Gasteiger partial charge on any atom is -0.484 e. The lowest BCUT2D eigenvalue weighted by Gasteiger charge is -2.22. The zero-order chi connectivity index (χ0) is 19.9. The van der Waals surface area contributed by atoms with Crippen molar-refractivity contribution in [1.29, 1.82) is 0 Å². The Morgan fingerprint density at radius 2 is 1.67 bits per heavy atom. The van der Waals surface area contributed by atoms with Crippen molar-refractivity contribution in [3.8, 4) is 5.75 Å². The molecule has 0 radical (unpaired) electrons. The van der Waals surface area contributed by atoms with Crippen molar-refractivity contribution in [1.82, 2.24) is 5.32 Å². The molecule has 0 aromatic heterocycles. The van der Waals surface area contributed by atoms with Crippen molar-refractivity contribution in [2.24, 2.45) is 0 Å². The summed E-state index contributed by atoms with van der Waals surface area (Å²) in [7, 11) is -3.54. The van der Waals surface area contributed by atoms with Crippen LogP contribution in [0.5, 0.6) is 5.75 Å². The van der Waals surface area contributed by atoms with Crippen molar-refractivity contribution in [2.45, 2.75) is 6.92 Å². The minimum atomic E-state index is -3.54. The number of nitrogens with zero attached hydrogens (tertiary/aromatic N) is 1. The maximum atomic E-state index is 12.1. The number of benzene rings is 2. The maximum Gasteiger partial charge on any atom is 0.258 e. The summed E-state index contributed by atoms with van der Waals surface area (Å²) in [6.07, 6.45) is 1.09. The van der Waals surface area contributed by atoms with Crippen LogP contribution in [0.4, 0.5) is 5.69 Å². The number of sulfonamides is 1. The van der Waals surface area contributed by atoms with E-state index in [1.807, 2.05) is 6.07 Å².